The fourth-order valence-corrected chi connectivity index (χ4v) is 5.33. The number of benzene rings is 2. The number of ether oxygens (including phenoxy) is 4. The first kappa shape index (κ1) is 27.9. The van der Waals surface area contributed by atoms with Crippen LogP contribution in [0.2, 0.25) is 0 Å². The summed E-state index contributed by atoms with van der Waals surface area (Å²) in [5.41, 5.74) is 2.06. The molecule has 2 aromatic carbocycles. The molecule has 0 fully saturated rings. The molecular formula is C30H32N2O6S. The van der Waals surface area contributed by atoms with Crippen LogP contribution in [-0.2, 0) is 9.53 Å². The second kappa shape index (κ2) is 12.2. The molecule has 0 amide bonds. The van der Waals surface area contributed by atoms with Gasteiger partial charge in [-0.15, -0.1) is 0 Å². The monoisotopic (exact) mass is 548 g/mol. The number of hydrogen-bond donors (Lipinski definition) is 0. The topological polar surface area (TPSA) is 88.3 Å². The van der Waals surface area contributed by atoms with Crippen LogP contribution in [0.4, 0.5) is 0 Å². The number of aromatic nitrogens is 1. The van der Waals surface area contributed by atoms with Crippen LogP contribution in [0.15, 0.2) is 76.2 Å². The van der Waals surface area contributed by atoms with Gasteiger partial charge in [-0.25, -0.2) is 9.79 Å². The van der Waals surface area contributed by atoms with Crippen molar-refractivity contribution < 1.29 is 23.7 Å². The van der Waals surface area contributed by atoms with Crippen molar-refractivity contribution in [3.05, 3.63) is 97.2 Å². The van der Waals surface area contributed by atoms with Crippen molar-refractivity contribution >= 4 is 23.4 Å². The normalized spacial score (nSPS) is 15.0. The highest BCUT2D eigenvalue weighted by Gasteiger charge is 2.34. The van der Waals surface area contributed by atoms with Crippen molar-refractivity contribution in [2.45, 2.75) is 39.8 Å². The van der Waals surface area contributed by atoms with Crippen molar-refractivity contribution in [3.8, 4) is 17.2 Å². The second-order valence-electron chi connectivity index (χ2n) is 9.05. The van der Waals surface area contributed by atoms with Crippen molar-refractivity contribution in [1.29, 1.82) is 0 Å². The average molecular weight is 549 g/mol. The highest BCUT2D eigenvalue weighted by Crippen LogP contribution is 2.36. The lowest BCUT2D eigenvalue weighted by Gasteiger charge is -2.25. The summed E-state index contributed by atoms with van der Waals surface area (Å²) in [7, 11) is 1.55. The summed E-state index contributed by atoms with van der Waals surface area (Å²) in [6.45, 7) is 11.6. The Morgan fingerprint density at radius 3 is 2.56 bits per heavy atom. The molecule has 8 nitrogen and oxygen atoms in total. The number of allylic oxidation sites excluding steroid dienone is 1. The number of hydrogen-bond acceptors (Lipinski definition) is 8. The van der Waals surface area contributed by atoms with Crippen LogP contribution in [0.5, 0.6) is 17.2 Å². The number of thiazole rings is 1. The molecule has 9 heteroatoms. The lowest BCUT2D eigenvalue weighted by Crippen LogP contribution is -2.40. The smallest absolute Gasteiger partial charge is 0.338 e. The quantitative estimate of drug-likeness (QED) is 0.279. The van der Waals surface area contributed by atoms with Crippen molar-refractivity contribution in [3.63, 3.8) is 0 Å². The van der Waals surface area contributed by atoms with Gasteiger partial charge in [0.15, 0.2) is 16.3 Å². The Morgan fingerprint density at radius 1 is 1.18 bits per heavy atom. The third kappa shape index (κ3) is 5.98. The molecule has 0 radical (unpaired) electrons. The van der Waals surface area contributed by atoms with Gasteiger partial charge in [-0.05, 0) is 69.2 Å². The van der Waals surface area contributed by atoms with Gasteiger partial charge in [0, 0.05) is 0 Å². The third-order valence-electron chi connectivity index (χ3n) is 5.93. The third-order valence-corrected chi connectivity index (χ3v) is 6.91. The van der Waals surface area contributed by atoms with E-state index in [2.05, 4.69) is 11.6 Å². The van der Waals surface area contributed by atoms with E-state index in [1.165, 1.54) is 11.3 Å². The van der Waals surface area contributed by atoms with Gasteiger partial charge in [0.2, 0.25) is 0 Å². The maximum Gasteiger partial charge on any atom is 0.338 e. The maximum atomic E-state index is 13.8. The molecule has 1 aliphatic rings. The highest BCUT2D eigenvalue weighted by molar-refractivity contribution is 7.07. The Bertz CT molecular complexity index is 1580. The van der Waals surface area contributed by atoms with Gasteiger partial charge in [0.05, 0.1) is 41.7 Å². The minimum Gasteiger partial charge on any atom is -0.493 e. The molecule has 0 spiro atoms. The van der Waals surface area contributed by atoms with E-state index < -0.39 is 12.0 Å². The zero-order valence-electron chi connectivity index (χ0n) is 22.7. The molecule has 0 saturated carbocycles. The summed E-state index contributed by atoms with van der Waals surface area (Å²) in [5.74, 6) is 1.26. The zero-order chi connectivity index (χ0) is 28.1. The van der Waals surface area contributed by atoms with Crippen LogP contribution < -0.4 is 29.1 Å². The van der Waals surface area contributed by atoms with E-state index in [9.17, 15) is 9.59 Å². The molecule has 3 aromatic rings. The average Bonchev–Trinajstić information content (AvgIpc) is 3.21. The summed E-state index contributed by atoms with van der Waals surface area (Å²) in [6.07, 6.45) is 3.43. The van der Waals surface area contributed by atoms with E-state index in [-0.39, 0.29) is 18.3 Å². The first-order chi connectivity index (χ1) is 18.8. The number of esters is 1. The number of rotatable bonds is 10. The van der Waals surface area contributed by atoms with E-state index in [1.54, 1.807) is 43.7 Å². The Morgan fingerprint density at radius 2 is 1.92 bits per heavy atom. The molecule has 1 aromatic heterocycles. The number of carbonyl (C=O) groups is 1. The van der Waals surface area contributed by atoms with Gasteiger partial charge in [-0.3, -0.25) is 9.36 Å². The van der Waals surface area contributed by atoms with Gasteiger partial charge >= 0.3 is 5.97 Å². The van der Waals surface area contributed by atoms with Gasteiger partial charge in [0.1, 0.15) is 12.4 Å². The van der Waals surface area contributed by atoms with Gasteiger partial charge in [-0.2, -0.15) is 0 Å². The van der Waals surface area contributed by atoms with Crippen molar-refractivity contribution in [1.82, 2.24) is 4.57 Å². The molecule has 39 heavy (non-hydrogen) atoms. The largest absolute Gasteiger partial charge is 0.493 e. The lowest BCUT2D eigenvalue weighted by atomic mass is 9.95. The van der Waals surface area contributed by atoms with Gasteiger partial charge < -0.3 is 18.9 Å². The molecule has 0 saturated heterocycles. The summed E-state index contributed by atoms with van der Waals surface area (Å²) < 4.78 is 24.4. The summed E-state index contributed by atoms with van der Waals surface area (Å²) in [4.78, 5) is 32.1. The Balaban J connectivity index is 1.86. The maximum absolute atomic E-state index is 13.8. The van der Waals surface area contributed by atoms with Crippen LogP contribution in [0.25, 0.3) is 6.08 Å². The molecule has 2 heterocycles. The summed E-state index contributed by atoms with van der Waals surface area (Å²) in [5, 5.41) is 0. The Hall–Kier alpha value is -4.11. The minimum absolute atomic E-state index is 0.0535. The highest BCUT2D eigenvalue weighted by atomic mass is 32.1. The van der Waals surface area contributed by atoms with E-state index in [0.29, 0.717) is 50.0 Å². The summed E-state index contributed by atoms with van der Waals surface area (Å²) in [6, 6.07) is 12.1. The Labute approximate surface area is 231 Å². The van der Waals surface area contributed by atoms with Crippen molar-refractivity contribution in [2.24, 2.45) is 4.99 Å². The fourth-order valence-electron chi connectivity index (χ4n) is 4.28. The fraction of sp³-hybridized carbons (Fsp3) is 0.300. The first-order valence-corrected chi connectivity index (χ1v) is 13.5. The van der Waals surface area contributed by atoms with Gasteiger partial charge in [-0.1, -0.05) is 42.2 Å². The lowest BCUT2D eigenvalue weighted by molar-refractivity contribution is -0.139. The molecular weight excluding hydrogens is 516 g/mol. The minimum atomic E-state index is -0.751. The number of fused-ring (bicyclic) bond motifs is 1. The molecule has 0 aliphatic carbocycles. The number of carbonyl (C=O) groups excluding carboxylic acids is 1. The summed E-state index contributed by atoms with van der Waals surface area (Å²) >= 11 is 1.27. The van der Waals surface area contributed by atoms with E-state index in [0.717, 1.165) is 5.56 Å². The van der Waals surface area contributed by atoms with Crippen LogP contribution in [0.1, 0.15) is 44.9 Å². The van der Waals surface area contributed by atoms with Crippen LogP contribution >= 0.6 is 11.3 Å². The SMILES string of the molecule is C=CCOc1ccc(/C=c2\sc3n(c2=O)[C@H](c2ccc(OC(C)C)c(OC)c2)C(C(=O)OCC)=C(C)N=3)cc1. The van der Waals surface area contributed by atoms with E-state index in [1.807, 2.05) is 50.3 Å². The van der Waals surface area contributed by atoms with E-state index >= 15 is 0 Å². The first-order valence-electron chi connectivity index (χ1n) is 12.6. The molecule has 1 atom stereocenters. The predicted octanol–water partition coefficient (Wildman–Crippen LogP) is 4.16. The zero-order valence-corrected chi connectivity index (χ0v) is 23.5. The number of methoxy groups -OCH3 is 1. The molecule has 0 bridgehead atoms. The molecule has 204 valence electrons. The predicted molar refractivity (Wildman–Crippen MR) is 151 cm³/mol. The van der Waals surface area contributed by atoms with Crippen LogP contribution in [0.3, 0.4) is 0 Å². The molecule has 4 rings (SSSR count). The van der Waals surface area contributed by atoms with Crippen LogP contribution in [0, 0.1) is 0 Å². The number of nitrogens with zero attached hydrogens (tertiary/aromatic N) is 2. The standard InChI is InChI=1S/C30H32N2O6S/c1-7-15-37-22-12-9-20(10-13-22)16-25-28(33)32-27(21-11-14-23(38-18(3)4)24(17-21)35-6)26(29(34)36-8-2)19(5)31-30(32)39-25/h7,9-14,16-18,27H,1,8,15H2,2-6H3/b25-16-/t27-/m1/s1. The molecule has 0 unspecified atom stereocenters. The van der Waals surface area contributed by atoms with Crippen molar-refractivity contribution in [2.75, 3.05) is 20.3 Å². The second-order valence-corrected chi connectivity index (χ2v) is 10.1. The van der Waals surface area contributed by atoms with E-state index in [4.69, 9.17) is 18.9 Å². The van der Waals surface area contributed by atoms with Gasteiger partial charge in [0.25, 0.3) is 5.56 Å². The molecule has 0 N–H and O–H groups in total. The Kier molecular flexibility index (Phi) is 8.71. The van der Waals surface area contributed by atoms with Crippen LogP contribution in [-0.4, -0.2) is 37.0 Å². The molecule has 1 aliphatic heterocycles.